The molecule has 3 unspecified atom stereocenters. The molecule has 3 aliphatic heterocycles. The standard InChI is InChI=1S/3C6H9NO2.C6H14O3/c3*1-5-4-7(5)3-2-6(8)9;1-2-6(3-7,4-8)5-9/h3*2-3,5H,4H2,1H3,(H,8,9);7-9H,2-5H2,1H3. The Labute approximate surface area is 212 Å². The molecule has 0 aromatic rings. The lowest BCUT2D eigenvalue weighted by Crippen LogP contribution is -2.32. The number of carbonyl (C=O) groups is 3. The number of rotatable bonds is 10. The van der Waals surface area contributed by atoms with Crippen LogP contribution in [-0.2, 0) is 14.4 Å². The molecule has 0 amide bonds. The van der Waals surface area contributed by atoms with Gasteiger partial charge in [-0.15, -0.1) is 0 Å². The number of hydrogen-bond donors (Lipinski definition) is 6. The largest absolute Gasteiger partial charge is 0.478 e. The summed E-state index contributed by atoms with van der Waals surface area (Å²) in [5.74, 6) is -2.64. The maximum atomic E-state index is 9.92. The molecule has 206 valence electrons. The van der Waals surface area contributed by atoms with Crippen LogP contribution in [0, 0.1) is 5.41 Å². The molecule has 3 fully saturated rings. The third-order valence-electron chi connectivity index (χ3n) is 5.70. The highest BCUT2D eigenvalue weighted by molar-refractivity contribution is 5.80. The maximum absolute atomic E-state index is 9.92. The van der Waals surface area contributed by atoms with Gasteiger partial charge in [0.05, 0.1) is 19.8 Å². The fourth-order valence-electron chi connectivity index (χ4n) is 2.36. The molecule has 6 N–H and O–H groups in total. The van der Waals surface area contributed by atoms with E-state index in [1.807, 2.05) is 42.4 Å². The van der Waals surface area contributed by atoms with E-state index >= 15 is 0 Å². The molecule has 0 aliphatic carbocycles. The van der Waals surface area contributed by atoms with Gasteiger partial charge in [-0.05, 0) is 27.2 Å². The smallest absolute Gasteiger partial charge is 0.329 e. The zero-order valence-electron chi connectivity index (χ0n) is 21.4. The second-order valence-electron chi connectivity index (χ2n) is 8.93. The van der Waals surface area contributed by atoms with Crippen LogP contribution in [0.3, 0.4) is 0 Å². The first-order valence-corrected chi connectivity index (χ1v) is 11.7. The Hall–Kier alpha value is -3.09. The summed E-state index contributed by atoms with van der Waals surface area (Å²) in [6.07, 6.45) is 8.88. The van der Waals surface area contributed by atoms with Crippen molar-refractivity contribution in [2.75, 3.05) is 39.5 Å². The van der Waals surface area contributed by atoms with Gasteiger partial charge in [-0.2, -0.15) is 0 Å². The van der Waals surface area contributed by atoms with Crippen LogP contribution in [0.5, 0.6) is 0 Å². The van der Waals surface area contributed by atoms with Crippen molar-refractivity contribution < 1.29 is 45.0 Å². The van der Waals surface area contributed by atoms with Gasteiger partial charge in [-0.3, -0.25) is 0 Å². The minimum atomic E-state index is -0.880. The Balaban J connectivity index is 0.000000454. The van der Waals surface area contributed by atoms with E-state index in [0.717, 1.165) is 37.9 Å². The maximum Gasteiger partial charge on any atom is 0.329 e. The molecule has 12 heteroatoms. The predicted octanol–water partition coefficient (Wildman–Crippen LogP) is 0.226. The van der Waals surface area contributed by atoms with Gasteiger partial charge in [0.15, 0.2) is 0 Å². The van der Waals surface area contributed by atoms with Crippen LogP contribution in [0.4, 0.5) is 0 Å². The first-order chi connectivity index (χ1) is 16.8. The van der Waals surface area contributed by atoms with Crippen molar-refractivity contribution >= 4 is 17.9 Å². The monoisotopic (exact) mass is 515 g/mol. The van der Waals surface area contributed by atoms with E-state index in [1.54, 1.807) is 18.6 Å². The van der Waals surface area contributed by atoms with Gasteiger partial charge in [-0.25, -0.2) is 14.4 Å². The summed E-state index contributed by atoms with van der Waals surface area (Å²) in [5.41, 5.74) is -0.667. The molecule has 0 bridgehead atoms. The van der Waals surface area contributed by atoms with Crippen molar-refractivity contribution in [1.29, 1.82) is 0 Å². The van der Waals surface area contributed by atoms with Crippen LogP contribution in [0.2, 0.25) is 0 Å². The van der Waals surface area contributed by atoms with Crippen LogP contribution in [0.15, 0.2) is 36.8 Å². The van der Waals surface area contributed by atoms with Gasteiger partial charge in [-0.1, -0.05) is 6.92 Å². The van der Waals surface area contributed by atoms with Crippen LogP contribution < -0.4 is 0 Å². The van der Waals surface area contributed by atoms with Gasteiger partial charge in [0.25, 0.3) is 0 Å². The molecular formula is C24H41N3O9. The van der Waals surface area contributed by atoms with Crippen LogP contribution >= 0.6 is 0 Å². The van der Waals surface area contributed by atoms with Gasteiger partial charge in [0, 0.05) is 80.0 Å². The van der Waals surface area contributed by atoms with Gasteiger partial charge in [0.2, 0.25) is 0 Å². The Morgan fingerprint density at radius 3 is 0.972 bits per heavy atom. The highest BCUT2D eigenvalue weighted by atomic mass is 16.4. The number of carboxylic acids is 3. The minimum absolute atomic E-state index is 0.156. The van der Waals surface area contributed by atoms with E-state index in [2.05, 4.69) is 0 Å². The number of aliphatic carboxylic acids is 3. The van der Waals surface area contributed by atoms with E-state index in [1.165, 1.54) is 0 Å². The predicted molar refractivity (Wildman–Crippen MR) is 133 cm³/mol. The second-order valence-corrected chi connectivity index (χ2v) is 8.93. The molecule has 12 nitrogen and oxygen atoms in total. The SMILES string of the molecule is CC1CN1C=CC(=O)O.CC1CN1C=CC(=O)O.CC1CN1C=CC(=O)O.CCC(CO)(CO)CO. The molecular weight excluding hydrogens is 474 g/mol. The molecule has 3 heterocycles. The third-order valence-corrected chi connectivity index (χ3v) is 5.70. The molecule has 3 atom stereocenters. The fourth-order valence-corrected chi connectivity index (χ4v) is 2.36. The molecule has 3 rings (SSSR count). The van der Waals surface area contributed by atoms with Crippen LogP contribution in [0.1, 0.15) is 34.1 Å². The molecule has 0 saturated carbocycles. The highest BCUT2D eigenvalue weighted by Gasteiger charge is 2.26. The molecule has 3 aliphatic rings. The van der Waals surface area contributed by atoms with E-state index in [4.69, 9.17) is 30.6 Å². The fraction of sp³-hybridized carbons (Fsp3) is 0.625. The lowest BCUT2D eigenvalue weighted by molar-refractivity contribution is -0.132. The zero-order chi connectivity index (χ0) is 27.9. The summed E-state index contributed by atoms with van der Waals surface area (Å²) in [7, 11) is 0. The molecule has 3 saturated heterocycles. The topological polar surface area (TPSA) is 182 Å². The van der Waals surface area contributed by atoms with Gasteiger partial charge < -0.3 is 45.3 Å². The molecule has 36 heavy (non-hydrogen) atoms. The Morgan fingerprint density at radius 2 is 0.889 bits per heavy atom. The van der Waals surface area contributed by atoms with Crippen LogP contribution in [-0.4, -0.2) is 121 Å². The minimum Gasteiger partial charge on any atom is -0.478 e. The third kappa shape index (κ3) is 15.7. The van der Waals surface area contributed by atoms with Crippen molar-refractivity contribution in [2.45, 2.75) is 52.2 Å². The van der Waals surface area contributed by atoms with E-state index in [0.29, 0.717) is 24.5 Å². The van der Waals surface area contributed by atoms with Crippen LogP contribution in [0.25, 0.3) is 0 Å². The van der Waals surface area contributed by atoms with E-state index in [9.17, 15) is 14.4 Å². The van der Waals surface area contributed by atoms with Crippen molar-refractivity contribution in [1.82, 2.24) is 14.7 Å². The van der Waals surface area contributed by atoms with Crippen molar-refractivity contribution in [3.05, 3.63) is 36.8 Å². The lowest BCUT2D eigenvalue weighted by atomic mass is 9.88. The molecule has 0 spiro atoms. The first-order valence-electron chi connectivity index (χ1n) is 11.7. The second kappa shape index (κ2) is 16.6. The lowest BCUT2D eigenvalue weighted by Gasteiger charge is -2.24. The normalized spacial score (nSPS) is 21.8. The number of nitrogens with zero attached hydrogens (tertiary/aromatic N) is 3. The average Bonchev–Trinajstić information content (AvgIpc) is 3.77. The summed E-state index contributed by atoms with van der Waals surface area (Å²) < 4.78 is 0. The summed E-state index contributed by atoms with van der Waals surface area (Å²) in [6, 6.07) is 1.63. The summed E-state index contributed by atoms with van der Waals surface area (Å²) in [5, 5.41) is 50.5. The van der Waals surface area contributed by atoms with Crippen molar-refractivity contribution in [2.24, 2.45) is 5.41 Å². The average molecular weight is 516 g/mol. The number of hydrogen-bond acceptors (Lipinski definition) is 9. The highest BCUT2D eigenvalue weighted by Crippen LogP contribution is 2.18. The molecule has 0 aromatic heterocycles. The van der Waals surface area contributed by atoms with Crippen molar-refractivity contribution in [3.63, 3.8) is 0 Å². The summed E-state index contributed by atoms with van der Waals surface area (Å²) in [6.45, 7) is 10.5. The number of aliphatic hydroxyl groups excluding tert-OH is 3. The molecule has 0 radical (unpaired) electrons. The molecule has 0 aromatic carbocycles. The van der Waals surface area contributed by atoms with Gasteiger partial charge in [0.1, 0.15) is 0 Å². The summed E-state index contributed by atoms with van der Waals surface area (Å²) >= 11 is 0. The quantitative estimate of drug-likeness (QED) is 0.172. The Kier molecular flexibility index (Phi) is 15.1. The van der Waals surface area contributed by atoms with E-state index < -0.39 is 23.3 Å². The summed E-state index contributed by atoms with van der Waals surface area (Å²) in [4.78, 5) is 35.6. The number of carboxylic acid groups (broad SMARTS) is 3. The van der Waals surface area contributed by atoms with E-state index in [-0.39, 0.29) is 19.8 Å². The number of aliphatic hydroxyl groups is 3. The Morgan fingerprint density at radius 1 is 0.667 bits per heavy atom. The Bertz CT molecular complexity index is 678. The zero-order valence-corrected chi connectivity index (χ0v) is 21.4. The van der Waals surface area contributed by atoms with Crippen molar-refractivity contribution in [3.8, 4) is 0 Å². The first kappa shape index (κ1) is 32.9. The van der Waals surface area contributed by atoms with Gasteiger partial charge >= 0.3 is 17.9 Å².